The van der Waals surface area contributed by atoms with Gasteiger partial charge in [0.1, 0.15) is 11.6 Å². The van der Waals surface area contributed by atoms with Crippen LogP contribution in [0.4, 0.5) is 35.1 Å². The van der Waals surface area contributed by atoms with E-state index in [2.05, 4.69) is 10.1 Å². The van der Waals surface area contributed by atoms with Crippen molar-refractivity contribution >= 4 is 5.91 Å². The first kappa shape index (κ1) is 30.4. The van der Waals surface area contributed by atoms with Gasteiger partial charge in [0.15, 0.2) is 23.2 Å². The summed E-state index contributed by atoms with van der Waals surface area (Å²) in [5, 5.41) is 2.62. The zero-order valence-electron chi connectivity index (χ0n) is 21.6. The van der Waals surface area contributed by atoms with Crippen LogP contribution in [-0.4, -0.2) is 25.6 Å². The van der Waals surface area contributed by atoms with Gasteiger partial charge in [-0.15, -0.1) is 0 Å². The van der Waals surface area contributed by atoms with E-state index in [1.807, 2.05) is 0 Å². The molecule has 0 spiro atoms. The molecule has 42 heavy (non-hydrogen) atoms. The molecular formula is C30H21F8NO3. The molecule has 1 atom stereocenters. The fourth-order valence-electron chi connectivity index (χ4n) is 4.36. The summed E-state index contributed by atoms with van der Waals surface area (Å²) >= 11 is 0. The first-order chi connectivity index (χ1) is 19.8. The minimum Gasteiger partial charge on any atom is -0.494 e. The number of hydrogen-bond acceptors (Lipinski definition) is 3. The largest absolute Gasteiger partial charge is 0.494 e. The summed E-state index contributed by atoms with van der Waals surface area (Å²) in [6, 6.07) is 15.8. The molecule has 4 aromatic rings. The second-order valence-corrected chi connectivity index (χ2v) is 9.14. The Hall–Kier alpha value is -4.61. The maximum Gasteiger partial charge on any atom is 0.461 e. The summed E-state index contributed by atoms with van der Waals surface area (Å²) in [4.78, 5) is 13.5. The Bertz CT molecular complexity index is 1580. The van der Waals surface area contributed by atoms with Crippen LogP contribution in [0.25, 0.3) is 0 Å². The number of halogens is 8. The second-order valence-electron chi connectivity index (χ2n) is 9.14. The van der Waals surface area contributed by atoms with Crippen molar-refractivity contribution in [2.24, 2.45) is 0 Å². The highest BCUT2D eigenvalue weighted by Crippen LogP contribution is 2.39. The van der Waals surface area contributed by atoms with E-state index in [9.17, 15) is 39.9 Å². The van der Waals surface area contributed by atoms with Crippen LogP contribution in [0.1, 0.15) is 27.0 Å². The molecule has 12 heteroatoms. The Balaban J connectivity index is 1.99. The topological polar surface area (TPSA) is 47.6 Å². The molecule has 0 aliphatic heterocycles. The third-order valence-corrected chi connectivity index (χ3v) is 6.34. The number of rotatable bonds is 10. The molecule has 0 radical (unpaired) electrons. The molecule has 220 valence electrons. The summed E-state index contributed by atoms with van der Waals surface area (Å²) in [7, 11) is 1.15. The number of carbonyl (C=O) groups is 1. The lowest BCUT2D eigenvalue weighted by Crippen LogP contribution is -2.49. The normalized spacial score (nSPS) is 13.0. The Morgan fingerprint density at radius 3 is 2.14 bits per heavy atom. The molecular weight excluding hydrogens is 574 g/mol. The number of amides is 1. The first-order valence-corrected chi connectivity index (χ1v) is 12.2. The van der Waals surface area contributed by atoms with Crippen LogP contribution < -0.4 is 14.8 Å². The molecule has 1 N–H and O–H groups in total. The van der Waals surface area contributed by atoms with Gasteiger partial charge in [-0.1, -0.05) is 36.4 Å². The Labute approximate surface area is 234 Å². The van der Waals surface area contributed by atoms with E-state index in [1.165, 1.54) is 6.07 Å². The molecule has 1 amide bonds. The standard InChI is InChI=1S/C30H21F8NO3/c1-41-26-14-19(8-10-24(26)33)29(16-17-5-3-2-4-6-17,39-27(40)18-7-9-23(32)25(34)11-18)20-12-21(31)15-22(13-20)42-30(37,38)28(35)36/h2-15,28H,16H2,1H3,(H,39,40). The third-order valence-electron chi connectivity index (χ3n) is 6.34. The van der Waals surface area contributed by atoms with Crippen LogP contribution in [0.5, 0.6) is 11.5 Å². The SMILES string of the molecule is COc1cc(C(Cc2ccccc2)(NC(=O)c2ccc(F)c(F)c2)c2cc(F)cc(OC(F)(F)C(F)F)c2)ccc1F. The highest BCUT2D eigenvalue weighted by atomic mass is 19.3. The van der Waals surface area contributed by atoms with E-state index in [-0.39, 0.29) is 28.9 Å². The van der Waals surface area contributed by atoms with Gasteiger partial charge in [0.05, 0.1) is 12.6 Å². The molecule has 4 aromatic carbocycles. The van der Waals surface area contributed by atoms with Gasteiger partial charge in [0.2, 0.25) is 0 Å². The second kappa shape index (κ2) is 12.1. The van der Waals surface area contributed by atoms with E-state index < -0.39 is 53.0 Å². The van der Waals surface area contributed by atoms with Crippen molar-refractivity contribution in [1.29, 1.82) is 0 Å². The smallest absolute Gasteiger partial charge is 0.461 e. The highest BCUT2D eigenvalue weighted by molar-refractivity contribution is 5.95. The van der Waals surface area contributed by atoms with E-state index >= 15 is 0 Å². The van der Waals surface area contributed by atoms with E-state index in [0.29, 0.717) is 23.8 Å². The Morgan fingerprint density at radius 1 is 0.810 bits per heavy atom. The van der Waals surface area contributed by atoms with Crippen molar-refractivity contribution in [1.82, 2.24) is 5.32 Å². The molecule has 0 heterocycles. The number of hydrogen-bond donors (Lipinski definition) is 1. The third kappa shape index (κ3) is 6.48. The van der Waals surface area contributed by atoms with Crippen molar-refractivity contribution in [3.05, 3.63) is 130 Å². The number of benzene rings is 4. The van der Waals surface area contributed by atoms with Gasteiger partial charge in [-0.3, -0.25) is 4.79 Å². The van der Waals surface area contributed by atoms with Crippen LogP contribution >= 0.6 is 0 Å². The average Bonchev–Trinajstić information content (AvgIpc) is 2.94. The lowest BCUT2D eigenvalue weighted by molar-refractivity contribution is -0.253. The summed E-state index contributed by atoms with van der Waals surface area (Å²) in [6.07, 6.45) is -9.51. The van der Waals surface area contributed by atoms with Gasteiger partial charge in [-0.2, -0.15) is 17.6 Å². The van der Waals surface area contributed by atoms with Gasteiger partial charge in [0, 0.05) is 18.1 Å². The van der Waals surface area contributed by atoms with Gasteiger partial charge in [-0.25, -0.2) is 17.6 Å². The summed E-state index contributed by atoms with van der Waals surface area (Å²) in [5.74, 6) is -6.97. The predicted octanol–water partition coefficient (Wildman–Crippen LogP) is 7.40. The van der Waals surface area contributed by atoms with Crippen molar-refractivity contribution in [3.63, 3.8) is 0 Å². The van der Waals surface area contributed by atoms with Crippen LogP contribution in [-0.2, 0) is 12.0 Å². The molecule has 4 rings (SSSR count). The quantitative estimate of drug-likeness (QED) is 0.194. The minimum absolute atomic E-state index is 0.0257. The number of carbonyl (C=O) groups excluding carboxylic acids is 1. The zero-order valence-corrected chi connectivity index (χ0v) is 21.6. The maximum absolute atomic E-state index is 15.0. The van der Waals surface area contributed by atoms with Gasteiger partial charge in [-0.05, 0) is 59.2 Å². The van der Waals surface area contributed by atoms with E-state index in [4.69, 9.17) is 4.74 Å². The molecule has 4 nitrogen and oxygen atoms in total. The molecule has 0 fully saturated rings. The molecule has 0 bridgehead atoms. The number of nitrogens with one attached hydrogen (secondary N) is 1. The lowest BCUT2D eigenvalue weighted by Gasteiger charge is -2.37. The molecule has 1 unspecified atom stereocenters. The number of alkyl halides is 4. The summed E-state index contributed by atoms with van der Waals surface area (Å²) < 4.78 is 120. The maximum atomic E-state index is 15.0. The van der Waals surface area contributed by atoms with E-state index in [0.717, 1.165) is 37.4 Å². The average molecular weight is 595 g/mol. The molecule has 0 aliphatic rings. The fraction of sp³-hybridized carbons (Fsp3) is 0.167. The minimum atomic E-state index is -5.00. The van der Waals surface area contributed by atoms with Crippen LogP contribution in [0.3, 0.4) is 0 Å². The molecule has 0 saturated carbocycles. The lowest BCUT2D eigenvalue weighted by atomic mass is 9.77. The molecule has 0 aromatic heterocycles. The Kier molecular flexibility index (Phi) is 8.74. The van der Waals surface area contributed by atoms with Crippen molar-refractivity contribution < 1.29 is 49.4 Å². The van der Waals surface area contributed by atoms with E-state index in [1.54, 1.807) is 30.3 Å². The monoisotopic (exact) mass is 595 g/mol. The fourth-order valence-corrected chi connectivity index (χ4v) is 4.36. The summed E-state index contributed by atoms with van der Waals surface area (Å²) in [6.45, 7) is 0. The first-order valence-electron chi connectivity index (χ1n) is 12.2. The Morgan fingerprint density at radius 2 is 1.50 bits per heavy atom. The van der Waals surface area contributed by atoms with Gasteiger partial charge < -0.3 is 14.8 Å². The van der Waals surface area contributed by atoms with Crippen molar-refractivity contribution in [3.8, 4) is 11.5 Å². The van der Waals surface area contributed by atoms with Crippen LogP contribution in [0, 0.1) is 23.3 Å². The molecule has 0 aliphatic carbocycles. The predicted molar refractivity (Wildman–Crippen MR) is 136 cm³/mol. The van der Waals surface area contributed by atoms with Crippen molar-refractivity contribution in [2.75, 3.05) is 7.11 Å². The van der Waals surface area contributed by atoms with Gasteiger partial charge in [0.25, 0.3) is 5.91 Å². The van der Waals surface area contributed by atoms with Crippen molar-refractivity contribution in [2.45, 2.75) is 24.5 Å². The zero-order chi connectivity index (χ0) is 30.7. The van der Waals surface area contributed by atoms with Crippen LogP contribution in [0.15, 0.2) is 84.9 Å². The number of methoxy groups -OCH3 is 1. The molecule has 0 saturated heterocycles. The van der Waals surface area contributed by atoms with Crippen LogP contribution in [0.2, 0.25) is 0 Å². The summed E-state index contributed by atoms with van der Waals surface area (Å²) in [5.41, 5.74) is -2.15. The highest BCUT2D eigenvalue weighted by Gasteiger charge is 2.45. The number of ether oxygens (including phenoxy) is 2. The van der Waals surface area contributed by atoms with Gasteiger partial charge >= 0.3 is 12.5 Å².